The number of nitrogens with two attached hydrogens (primary N) is 1. The fraction of sp³-hybridized carbons (Fsp3) is 0.481. The van der Waals surface area contributed by atoms with E-state index in [0.717, 1.165) is 6.07 Å². The SMILES string of the molecule is CC(C)(C)OC(=O)NC1=N[C@](C)(c2nc(NC(=O)c3ccc(Cl)cn3)ccc2F)[C@]2(CC(F)(F)CN)NC=S2C1(C)C. The summed E-state index contributed by atoms with van der Waals surface area (Å²) in [7, 11) is -1.06. The number of alkyl carbamates (subject to hydrolysis) is 1. The van der Waals surface area contributed by atoms with Gasteiger partial charge in [-0.15, -0.1) is 10.5 Å². The van der Waals surface area contributed by atoms with E-state index < -0.39 is 67.9 Å². The van der Waals surface area contributed by atoms with E-state index in [0.29, 0.717) is 5.02 Å². The third-order valence-corrected chi connectivity index (χ3v) is 10.2. The predicted molar refractivity (Wildman–Crippen MR) is 158 cm³/mol. The molecule has 0 saturated carbocycles. The highest BCUT2D eigenvalue weighted by molar-refractivity contribution is 8.19. The summed E-state index contributed by atoms with van der Waals surface area (Å²) in [5.74, 6) is -4.82. The maximum absolute atomic E-state index is 15.7. The Labute approximate surface area is 249 Å². The lowest BCUT2D eigenvalue weighted by molar-refractivity contribution is -0.0208. The van der Waals surface area contributed by atoms with Crippen LogP contribution in [0.15, 0.2) is 35.5 Å². The fourth-order valence-electron chi connectivity index (χ4n) is 4.85. The topological polar surface area (TPSA) is 144 Å². The number of amides is 2. The zero-order chi connectivity index (χ0) is 31.3. The van der Waals surface area contributed by atoms with E-state index in [2.05, 4.69) is 25.9 Å². The number of amidine groups is 1. The van der Waals surface area contributed by atoms with Crippen LogP contribution in [0.1, 0.15) is 64.1 Å². The molecule has 2 aliphatic rings. The fourth-order valence-corrected chi connectivity index (χ4v) is 7.89. The minimum absolute atomic E-state index is 0.0235. The molecule has 15 heteroatoms. The van der Waals surface area contributed by atoms with Gasteiger partial charge in [-0.3, -0.25) is 20.4 Å². The molecule has 2 aliphatic heterocycles. The zero-order valence-electron chi connectivity index (χ0n) is 23.9. The largest absolute Gasteiger partial charge is 0.444 e. The minimum atomic E-state index is -3.35. The molecule has 2 aromatic heterocycles. The van der Waals surface area contributed by atoms with E-state index in [1.807, 2.05) is 0 Å². The van der Waals surface area contributed by atoms with Gasteiger partial charge in [0.2, 0.25) is 0 Å². The second kappa shape index (κ2) is 10.9. The number of hydrogen-bond donors (Lipinski definition) is 4. The Bertz CT molecular complexity index is 1480. The molecule has 2 amide bonds. The van der Waals surface area contributed by atoms with Gasteiger partial charge in [-0.05, 0) is 65.8 Å². The molecule has 1 unspecified atom stereocenters. The van der Waals surface area contributed by atoms with E-state index in [-0.39, 0.29) is 23.0 Å². The van der Waals surface area contributed by atoms with Crippen LogP contribution in [0.25, 0.3) is 0 Å². The summed E-state index contributed by atoms with van der Waals surface area (Å²) in [6.45, 7) is 9.08. The van der Waals surface area contributed by atoms with Gasteiger partial charge in [-0.25, -0.2) is 27.9 Å². The molecule has 2 aromatic rings. The Kier molecular flexibility index (Phi) is 8.26. The van der Waals surface area contributed by atoms with Gasteiger partial charge in [-0.2, -0.15) is 0 Å². The van der Waals surface area contributed by atoms with Crippen LogP contribution in [-0.2, 0) is 10.3 Å². The summed E-state index contributed by atoms with van der Waals surface area (Å²) in [6, 6.07) is 5.17. The average Bonchev–Trinajstić information content (AvgIpc) is 2.85. The standard InChI is InChI=1S/C27H33ClF3N7O3S/c1-23(2,3)41-22(40)37-21-24(4,5)42-14-34-27(42,12-26(30,31)13-32)25(6,38-21)19-16(29)8-10-18(35-19)36-20(39)17-9-7-15(28)11-33-17/h7-11,14,34H,12-13,32H2,1-6H3,(H,35,36,39)(H,37,38,40)/t25-,27-,42?/m1/s1. The number of carbonyl (C=O) groups excluding carboxylic acids is 2. The second-order valence-corrected chi connectivity index (χ2v) is 14.7. The average molecular weight is 628 g/mol. The number of carbonyl (C=O) groups is 2. The van der Waals surface area contributed by atoms with Crippen molar-refractivity contribution in [3.8, 4) is 0 Å². The number of aromatic nitrogens is 2. The molecule has 0 fully saturated rings. The van der Waals surface area contributed by atoms with Crippen molar-refractivity contribution < 1.29 is 27.5 Å². The number of aliphatic imine (C=N–C) groups is 1. The molecular formula is C27H33ClF3N7O3S. The molecular weight excluding hydrogens is 595 g/mol. The Morgan fingerprint density at radius 3 is 2.38 bits per heavy atom. The molecule has 0 aliphatic carbocycles. The summed E-state index contributed by atoms with van der Waals surface area (Å²) in [6.07, 6.45) is -0.315. The Morgan fingerprint density at radius 1 is 1.14 bits per heavy atom. The summed E-state index contributed by atoms with van der Waals surface area (Å²) in [4.78, 5) is 37.1. The van der Waals surface area contributed by atoms with Crippen LogP contribution in [-0.4, -0.2) is 61.0 Å². The van der Waals surface area contributed by atoms with Gasteiger partial charge >= 0.3 is 6.09 Å². The second-order valence-electron chi connectivity index (χ2n) is 11.7. The lowest BCUT2D eigenvalue weighted by Crippen LogP contribution is -2.72. The third-order valence-electron chi connectivity index (χ3n) is 6.96. The van der Waals surface area contributed by atoms with E-state index in [4.69, 9.17) is 27.1 Å². The number of alkyl halides is 2. The van der Waals surface area contributed by atoms with E-state index >= 15 is 13.2 Å². The first-order valence-electron chi connectivity index (χ1n) is 13.0. The van der Waals surface area contributed by atoms with Crippen molar-refractivity contribution in [3.63, 3.8) is 0 Å². The van der Waals surface area contributed by atoms with Gasteiger partial charge in [0.05, 0.1) is 16.3 Å². The van der Waals surface area contributed by atoms with E-state index in [1.165, 1.54) is 31.3 Å². The quantitative estimate of drug-likeness (QED) is 0.338. The van der Waals surface area contributed by atoms with Crippen LogP contribution >= 0.6 is 22.1 Å². The van der Waals surface area contributed by atoms with Crippen molar-refractivity contribution in [2.45, 2.75) is 74.6 Å². The van der Waals surface area contributed by atoms with Gasteiger partial charge in [-0.1, -0.05) is 11.6 Å². The van der Waals surface area contributed by atoms with Gasteiger partial charge < -0.3 is 15.8 Å². The molecule has 3 atom stereocenters. The van der Waals surface area contributed by atoms with E-state index in [9.17, 15) is 9.59 Å². The number of fused-ring (bicyclic) bond motifs is 1. The maximum Gasteiger partial charge on any atom is 0.413 e. The first kappa shape index (κ1) is 31.9. The van der Waals surface area contributed by atoms with Crippen molar-refractivity contribution in [1.29, 1.82) is 0 Å². The van der Waals surface area contributed by atoms with Crippen LogP contribution in [0, 0.1) is 5.82 Å². The van der Waals surface area contributed by atoms with E-state index in [1.54, 1.807) is 40.1 Å². The molecule has 0 bridgehead atoms. The molecule has 10 nitrogen and oxygen atoms in total. The Morgan fingerprint density at radius 2 is 1.83 bits per heavy atom. The highest BCUT2D eigenvalue weighted by Crippen LogP contribution is 2.62. The van der Waals surface area contributed by atoms with Crippen molar-refractivity contribution in [2.24, 2.45) is 10.7 Å². The lowest BCUT2D eigenvalue weighted by atomic mass is 9.82. The molecule has 0 spiro atoms. The summed E-state index contributed by atoms with van der Waals surface area (Å²) in [5.41, 5.74) is 4.13. The van der Waals surface area contributed by atoms with Gasteiger partial charge in [0.25, 0.3) is 11.8 Å². The van der Waals surface area contributed by atoms with Crippen LogP contribution in [0.4, 0.5) is 23.8 Å². The third kappa shape index (κ3) is 5.90. The molecule has 0 radical (unpaired) electrons. The van der Waals surface area contributed by atoms with Crippen LogP contribution in [0.5, 0.6) is 0 Å². The zero-order valence-corrected chi connectivity index (χ0v) is 25.5. The summed E-state index contributed by atoms with van der Waals surface area (Å²) in [5, 5.41) is 8.55. The summed E-state index contributed by atoms with van der Waals surface area (Å²) >= 11 is 5.85. The van der Waals surface area contributed by atoms with Crippen LogP contribution in [0.3, 0.4) is 0 Å². The van der Waals surface area contributed by atoms with Crippen molar-refractivity contribution in [3.05, 3.63) is 52.7 Å². The number of rotatable bonds is 6. The normalized spacial score (nSPS) is 24.8. The van der Waals surface area contributed by atoms with Gasteiger partial charge in [0.15, 0.2) is 0 Å². The molecule has 5 N–H and O–H groups in total. The van der Waals surface area contributed by atoms with Crippen molar-refractivity contribution in [1.82, 2.24) is 20.6 Å². The molecule has 4 heterocycles. The molecule has 0 saturated heterocycles. The van der Waals surface area contributed by atoms with Crippen LogP contribution < -0.4 is 21.7 Å². The van der Waals surface area contributed by atoms with Gasteiger partial charge in [0, 0.05) is 18.1 Å². The highest BCUT2D eigenvalue weighted by Gasteiger charge is 2.66. The molecule has 228 valence electrons. The Balaban J connectivity index is 1.85. The molecule has 42 heavy (non-hydrogen) atoms. The maximum atomic E-state index is 15.7. The predicted octanol–water partition coefficient (Wildman–Crippen LogP) is 4.76. The molecule has 4 rings (SSSR count). The Hall–Kier alpha value is -3.07. The number of halogens is 4. The highest BCUT2D eigenvalue weighted by atomic mass is 35.5. The monoisotopic (exact) mass is 627 g/mol. The smallest absolute Gasteiger partial charge is 0.413 e. The number of pyridine rings is 2. The first-order valence-corrected chi connectivity index (χ1v) is 14.6. The van der Waals surface area contributed by atoms with Gasteiger partial charge in [0.1, 0.15) is 44.9 Å². The van der Waals surface area contributed by atoms with Crippen molar-refractivity contribution >= 4 is 51.2 Å². The minimum Gasteiger partial charge on any atom is -0.444 e. The lowest BCUT2D eigenvalue weighted by Gasteiger charge is -2.61. The van der Waals surface area contributed by atoms with Crippen LogP contribution in [0.2, 0.25) is 5.02 Å². The number of nitrogens with zero attached hydrogens (tertiary/aromatic N) is 3. The molecule has 0 aromatic carbocycles. The number of hydrogen-bond acceptors (Lipinski definition) is 8. The number of nitrogens with one attached hydrogen (secondary N) is 3. The summed E-state index contributed by atoms with van der Waals surface area (Å²) < 4.78 is 50.2. The van der Waals surface area contributed by atoms with Crippen molar-refractivity contribution in [2.75, 3.05) is 11.9 Å². The first-order chi connectivity index (χ1) is 19.3. The number of anilines is 1. The number of ether oxygens (including phenoxy) is 1.